The smallest absolute Gasteiger partial charge is 0.318 e. The predicted octanol–water partition coefficient (Wildman–Crippen LogP) is 0.865. The molecule has 3 atom stereocenters. The number of aromatic nitrogens is 2. The molecule has 2 bridgehead atoms. The lowest BCUT2D eigenvalue weighted by Gasteiger charge is -2.23. The molecule has 108 valence electrons. The molecule has 1 aromatic heterocycles. The molecule has 2 aliphatic heterocycles. The van der Waals surface area contributed by atoms with E-state index in [1.54, 1.807) is 11.1 Å². The third-order valence-corrected chi connectivity index (χ3v) is 4.45. The van der Waals surface area contributed by atoms with Crippen molar-refractivity contribution < 1.29 is 14.7 Å². The van der Waals surface area contributed by atoms with Gasteiger partial charge in [-0.1, -0.05) is 0 Å². The van der Waals surface area contributed by atoms with E-state index in [0.717, 1.165) is 24.1 Å². The van der Waals surface area contributed by atoms with Crippen LogP contribution in [0.2, 0.25) is 0 Å². The summed E-state index contributed by atoms with van der Waals surface area (Å²) in [5.41, 5.74) is 1.87. The molecule has 2 fully saturated rings. The van der Waals surface area contributed by atoms with Crippen LogP contribution in [0.3, 0.4) is 0 Å². The molecule has 3 N–H and O–H groups in total. The van der Waals surface area contributed by atoms with Gasteiger partial charge in [0.15, 0.2) is 0 Å². The molecule has 0 aliphatic carbocycles. The third-order valence-electron chi connectivity index (χ3n) is 4.45. The van der Waals surface area contributed by atoms with E-state index in [4.69, 9.17) is 0 Å². The highest BCUT2D eigenvalue weighted by molar-refractivity contribution is 5.79. The van der Waals surface area contributed by atoms with Gasteiger partial charge >= 0.3 is 12.0 Å². The Morgan fingerprint density at radius 2 is 2.35 bits per heavy atom. The minimum Gasteiger partial charge on any atom is -0.481 e. The molecule has 3 unspecified atom stereocenters. The van der Waals surface area contributed by atoms with E-state index in [9.17, 15) is 14.7 Å². The van der Waals surface area contributed by atoms with Crippen molar-refractivity contribution in [3.63, 3.8) is 0 Å². The standard InChI is InChI=1S/C13H18N4O3/c1-7-8(6-15-16-7)5-14-13(20)17-9-2-3-11(17)10(4-9)12(18)19/h6,9-11H,2-5H2,1H3,(H,14,20)(H,15,16)(H,18,19). The average molecular weight is 278 g/mol. The lowest BCUT2D eigenvalue weighted by atomic mass is 9.89. The van der Waals surface area contributed by atoms with Crippen LogP contribution in [0.15, 0.2) is 6.20 Å². The SMILES string of the molecule is Cc1[nH]ncc1CNC(=O)N1C2CCC1C(C(=O)O)C2. The zero-order valence-corrected chi connectivity index (χ0v) is 11.3. The van der Waals surface area contributed by atoms with Gasteiger partial charge in [0, 0.05) is 29.9 Å². The number of aryl methyl sites for hydroxylation is 1. The highest BCUT2D eigenvalue weighted by Crippen LogP contribution is 2.41. The van der Waals surface area contributed by atoms with Crippen LogP contribution in [-0.4, -0.2) is 44.3 Å². The average Bonchev–Trinajstić information content (AvgIpc) is 3.09. The number of nitrogens with one attached hydrogen (secondary N) is 2. The Morgan fingerprint density at radius 3 is 2.95 bits per heavy atom. The number of fused-ring (bicyclic) bond motifs is 2. The first kappa shape index (κ1) is 13.0. The summed E-state index contributed by atoms with van der Waals surface area (Å²) in [6.07, 6.45) is 3.97. The number of hydrogen-bond donors (Lipinski definition) is 3. The molecule has 2 saturated heterocycles. The van der Waals surface area contributed by atoms with Crippen LogP contribution >= 0.6 is 0 Å². The Bertz CT molecular complexity index is 541. The van der Waals surface area contributed by atoms with Crippen molar-refractivity contribution in [2.75, 3.05) is 0 Å². The fraction of sp³-hybridized carbons (Fsp3) is 0.615. The Morgan fingerprint density at radius 1 is 1.55 bits per heavy atom. The fourth-order valence-corrected chi connectivity index (χ4v) is 3.39. The Labute approximate surface area is 116 Å². The van der Waals surface area contributed by atoms with Crippen LogP contribution in [0.5, 0.6) is 0 Å². The van der Waals surface area contributed by atoms with Gasteiger partial charge in [0.25, 0.3) is 0 Å². The van der Waals surface area contributed by atoms with Crippen molar-refractivity contribution in [1.29, 1.82) is 0 Å². The van der Waals surface area contributed by atoms with Crippen LogP contribution in [0, 0.1) is 12.8 Å². The first-order valence-corrected chi connectivity index (χ1v) is 6.85. The van der Waals surface area contributed by atoms with Gasteiger partial charge in [0.1, 0.15) is 0 Å². The molecule has 2 amide bonds. The molecule has 0 saturated carbocycles. The van der Waals surface area contributed by atoms with Gasteiger partial charge in [0.05, 0.1) is 12.1 Å². The lowest BCUT2D eigenvalue weighted by Crippen LogP contribution is -2.44. The van der Waals surface area contributed by atoms with Crippen molar-refractivity contribution in [1.82, 2.24) is 20.4 Å². The third kappa shape index (κ3) is 2.03. The second-order valence-electron chi connectivity index (χ2n) is 5.57. The molecule has 1 aromatic rings. The van der Waals surface area contributed by atoms with Gasteiger partial charge in [-0.15, -0.1) is 0 Å². The summed E-state index contributed by atoms with van der Waals surface area (Å²) in [7, 11) is 0. The largest absolute Gasteiger partial charge is 0.481 e. The topological polar surface area (TPSA) is 98.3 Å². The first-order valence-electron chi connectivity index (χ1n) is 6.85. The summed E-state index contributed by atoms with van der Waals surface area (Å²) >= 11 is 0. The van der Waals surface area contributed by atoms with Crippen LogP contribution in [0.4, 0.5) is 4.79 Å². The number of urea groups is 1. The molecular weight excluding hydrogens is 260 g/mol. The first-order chi connectivity index (χ1) is 9.58. The summed E-state index contributed by atoms with van der Waals surface area (Å²) < 4.78 is 0. The van der Waals surface area contributed by atoms with Gasteiger partial charge in [-0.3, -0.25) is 9.89 Å². The Balaban J connectivity index is 1.64. The number of carbonyl (C=O) groups is 2. The molecule has 3 rings (SSSR count). The summed E-state index contributed by atoms with van der Waals surface area (Å²) in [5, 5.41) is 18.8. The van der Waals surface area contributed by atoms with Crippen LogP contribution < -0.4 is 5.32 Å². The van der Waals surface area contributed by atoms with Crippen LogP contribution in [0.25, 0.3) is 0 Å². The normalized spacial score (nSPS) is 27.9. The molecule has 0 aromatic carbocycles. The van der Waals surface area contributed by atoms with E-state index in [-0.39, 0.29) is 18.1 Å². The Kier molecular flexibility index (Phi) is 3.11. The molecule has 7 nitrogen and oxygen atoms in total. The number of H-pyrrole nitrogens is 1. The highest BCUT2D eigenvalue weighted by atomic mass is 16.4. The lowest BCUT2D eigenvalue weighted by molar-refractivity contribution is -0.142. The van der Waals surface area contributed by atoms with Gasteiger partial charge in [-0.05, 0) is 26.2 Å². The number of rotatable bonds is 3. The highest BCUT2D eigenvalue weighted by Gasteiger charge is 2.51. The predicted molar refractivity (Wildman–Crippen MR) is 70.0 cm³/mol. The quantitative estimate of drug-likeness (QED) is 0.764. The molecule has 20 heavy (non-hydrogen) atoms. The summed E-state index contributed by atoms with van der Waals surface area (Å²) in [4.78, 5) is 25.2. The number of carbonyl (C=O) groups excluding carboxylic acids is 1. The number of amides is 2. The maximum atomic E-state index is 12.3. The summed E-state index contributed by atoms with van der Waals surface area (Å²) in [6, 6.07) is -0.239. The van der Waals surface area contributed by atoms with Crippen molar-refractivity contribution >= 4 is 12.0 Å². The molecular formula is C13H18N4O3. The maximum Gasteiger partial charge on any atom is 0.318 e. The molecule has 2 aliphatic rings. The monoisotopic (exact) mass is 278 g/mol. The summed E-state index contributed by atoms with van der Waals surface area (Å²) in [6.45, 7) is 2.31. The van der Waals surface area contributed by atoms with Crippen LogP contribution in [-0.2, 0) is 11.3 Å². The Hall–Kier alpha value is -2.05. The minimum absolute atomic E-state index is 0.0755. The minimum atomic E-state index is -0.791. The summed E-state index contributed by atoms with van der Waals surface area (Å²) in [5.74, 6) is -1.20. The van der Waals surface area contributed by atoms with E-state index in [1.807, 2.05) is 6.92 Å². The van der Waals surface area contributed by atoms with E-state index in [0.29, 0.717) is 13.0 Å². The van der Waals surface area contributed by atoms with E-state index < -0.39 is 11.9 Å². The van der Waals surface area contributed by atoms with Crippen molar-refractivity contribution in [3.8, 4) is 0 Å². The molecule has 3 heterocycles. The van der Waals surface area contributed by atoms with Crippen molar-refractivity contribution in [2.45, 2.75) is 44.8 Å². The molecule has 0 radical (unpaired) electrons. The van der Waals surface area contributed by atoms with Crippen LogP contribution in [0.1, 0.15) is 30.5 Å². The van der Waals surface area contributed by atoms with Gasteiger partial charge < -0.3 is 15.3 Å². The zero-order chi connectivity index (χ0) is 14.3. The molecule has 0 spiro atoms. The number of hydrogen-bond acceptors (Lipinski definition) is 3. The second kappa shape index (κ2) is 4.81. The number of aromatic amines is 1. The second-order valence-corrected chi connectivity index (χ2v) is 5.57. The van der Waals surface area contributed by atoms with Gasteiger partial charge in [-0.25, -0.2) is 4.79 Å². The van der Waals surface area contributed by atoms with E-state index >= 15 is 0 Å². The number of carboxylic acid groups (broad SMARTS) is 1. The number of aliphatic carboxylic acids is 1. The number of nitrogens with zero attached hydrogens (tertiary/aromatic N) is 2. The van der Waals surface area contributed by atoms with Gasteiger partial charge in [-0.2, -0.15) is 5.10 Å². The van der Waals surface area contributed by atoms with E-state index in [2.05, 4.69) is 15.5 Å². The fourth-order valence-electron chi connectivity index (χ4n) is 3.39. The maximum absolute atomic E-state index is 12.3. The van der Waals surface area contributed by atoms with Crippen molar-refractivity contribution in [2.24, 2.45) is 5.92 Å². The van der Waals surface area contributed by atoms with Gasteiger partial charge in [0.2, 0.25) is 0 Å². The molecule has 7 heteroatoms. The van der Waals surface area contributed by atoms with E-state index in [1.165, 1.54) is 0 Å². The van der Waals surface area contributed by atoms with Crippen molar-refractivity contribution in [3.05, 3.63) is 17.5 Å². The zero-order valence-electron chi connectivity index (χ0n) is 11.3. The number of carboxylic acids is 1.